The molecule has 1 amide bonds. The van der Waals surface area contributed by atoms with Gasteiger partial charge in [0.1, 0.15) is 10.6 Å². The summed E-state index contributed by atoms with van der Waals surface area (Å²) in [6.45, 7) is -1.82. The van der Waals surface area contributed by atoms with Crippen molar-refractivity contribution in [3.05, 3.63) is 38.9 Å². The van der Waals surface area contributed by atoms with Gasteiger partial charge in [0.15, 0.2) is 0 Å². The molecular formula is C11H11ClF2N2O4. The summed E-state index contributed by atoms with van der Waals surface area (Å²) in [7, 11) is 0. The topological polar surface area (TPSA) is 83.7 Å². The molecule has 0 saturated heterocycles. The minimum atomic E-state index is -2.82. The predicted molar refractivity (Wildman–Crippen MR) is 67.1 cm³/mol. The van der Waals surface area contributed by atoms with E-state index in [1.165, 1.54) is 12.1 Å². The summed E-state index contributed by atoms with van der Waals surface area (Å²) in [5, 5.41) is 19.4. The Morgan fingerprint density at radius 3 is 2.65 bits per heavy atom. The first-order chi connectivity index (χ1) is 9.38. The minimum Gasteiger partial charge on any atom is -0.395 e. The molecule has 1 rings (SSSR count). The lowest BCUT2D eigenvalue weighted by Gasteiger charge is -2.21. The molecule has 0 aliphatic rings. The number of nitro benzene ring substituents is 1. The highest BCUT2D eigenvalue weighted by molar-refractivity contribution is 6.33. The first kappa shape index (κ1) is 16.3. The van der Waals surface area contributed by atoms with Gasteiger partial charge in [0.25, 0.3) is 12.3 Å². The number of amides is 1. The van der Waals surface area contributed by atoms with Crippen LogP contribution in [0.2, 0.25) is 5.02 Å². The Morgan fingerprint density at radius 1 is 1.50 bits per heavy atom. The van der Waals surface area contributed by atoms with Crippen LogP contribution < -0.4 is 0 Å². The number of hydrogen-bond donors (Lipinski definition) is 1. The molecule has 110 valence electrons. The molecule has 1 aromatic carbocycles. The smallest absolute Gasteiger partial charge is 0.300 e. The second-order valence-corrected chi connectivity index (χ2v) is 4.17. The first-order valence-electron chi connectivity index (χ1n) is 5.49. The molecular weight excluding hydrogens is 298 g/mol. The SMILES string of the molecule is O=C(c1cccc(Cl)c1[N+](=O)[O-])N(CCO)CC(F)F. The molecule has 0 bridgehead atoms. The first-order valence-corrected chi connectivity index (χ1v) is 5.87. The molecule has 0 atom stereocenters. The number of nitrogens with zero attached hydrogens (tertiary/aromatic N) is 2. The van der Waals surface area contributed by atoms with Crippen molar-refractivity contribution in [3.63, 3.8) is 0 Å². The molecule has 0 fully saturated rings. The van der Waals surface area contributed by atoms with E-state index in [4.69, 9.17) is 16.7 Å². The molecule has 20 heavy (non-hydrogen) atoms. The van der Waals surface area contributed by atoms with Gasteiger partial charge in [0.2, 0.25) is 0 Å². The van der Waals surface area contributed by atoms with Crippen LogP contribution in [0.15, 0.2) is 18.2 Å². The molecule has 0 heterocycles. The highest BCUT2D eigenvalue weighted by atomic mass is 35.5. The van der Waals surface area contributed by atoms with Crippen molar-refractivity contribution >= 4 is 23.2 Å². The standard InChI is InChI=1S/C11H11ClF2N2O4/c12-8-3-1-2-7(10(8)16(19)20)11(18)15(4-5-17)6-9(13)14/h1-3,9,17H,4-6H2. The lowest BCUT2D eigenvalue weighted by Crippen LogP contribution is -2.37. The van der Waals surface area contributed by atoms with Crippen LogP contribution in [0.25, 0.3) is 0 Å². The lowest BCUT2D eigenvalue weighted by molar-refractivity contribution is -0.385. The number of hydrogen-bond acceptors (Lipinski definition) is 4. The molecule has 9 heteroatoms. The van der Waals surface area contributed by atoms with Gasteiger partial charge < -0.3 is 10.0 Å². The monoisotopic (exact) mass is 308 g/mol. The van der Waals surface area contributed by atoms with Crippen LogP contribution in [-0.2, 0) is 0 Å². The predicted octanol–water partition coefficient (Wildman–Crippen LogP) is 1.95. The Hall–Kier alpha value is -1.80. The van der Waals surface area contributed by atoms with E-state index in [0.717, 1.165) is 6.07 Å². The fraction of sp³-hybridized carbons (Fsp3) is 0.364. The van der Waals surface area contributed by atoms with Gasteiger partial charge in [-0.2, -0.15) is 0 Å². The van der Waals surface area contributed by atoms with Crippen LogP contribution in [0.5, 0.6) is 0 Å². The number of halogens is 3. The summed E-state index contributed by atoms with van der Waals surface area (Å²) in [6, 6.07) is 3.66. The second-order valence-electron chi connectivity index (χ2n) is 3.76. The summed E-state index contributed by atoms with van der Waals surface area (Å²) in [5.74, 6) is -0.978. The molecule has 0 spiro atoms. The van der Waals surface area contributed by atoms with Gasteiger partial charge in [0.05, 0.1) is 18.1 Å². The van der Waals surface area contributed by atoms with Gasteiger partial charge in [-0.3, -0.25) is 14.9 Å². The summed E-state index contributed by atoms with van der Waals surface area (Å²) in [6.07, 6.45) is -2.82. The van der Waals surface area contributed by atoms with Crippen LogP contribution in [0.1, 0.15) is 10.4 Å². The highest BCUT2D eigenvalue weighted by Crippen LogP contribution is 2.29. The third-order valence-electron chi connectivity index (χ3n) is 2.42. The molecule has 0 aliphatic heterocycles. The second kappa shape index (κ2) is 7.11. The Morgan fingerprint density at radius 2 is 2.15 bits per heavy atom. The number of benzene rings is 1. The van der Waals surface area contributed by atoms with Crippen molar-refractivity contribution < 1.29 is 23.6 Å². The summed E-state index contributed by atoms with van der Waals surface area (Å²) in [4.78, 5) is 22.8. The number of aliphatic hydroxyl groups excluding tert-OH is 1. The van der Waals surface area contributed by atoms with Crippen LogP contribution in [0.4, 0.5) is 14.5 Å². The zero-order valence-corrected chi connectivity index (χ0v) is 10.9. The number of carbonyl (C=O) groups is 1. The minimum absolute atomic E-state index is 0.262. The number of rotatable bonds is 6. The average Bonchev–Trinajstić information content (AvgIpc) is 2.36. The van der Waals surface area contributed by atoms with Crippen molar-refractivity contribution in [1.82, 2.24) is 4.90 Å². The Kier molecular flexibility index (Phi) is 5.78. The zero-order valence-electron chi connectivity index (χ0n) is 10.1. The maximum Gasteiger partial charge on any atom is 0.300 e. The van der Waals surface area contributed by atoms with Crippen LogP contribution in [0.3, 0.4) is 0 Å². The third-order valence-corrected chi connectivity index (χ3v) is 2.72. The zero-order chi connectivity index (χ0) is 15.3. The molecule has 6 nitrogen and oxygen atoms in total. The summed E-state index contributed by atoms with van der Waals surface area (Å²) >= 11 is 5.65. The fourth-order valence-electron chi connectivity index (χ4n) is 1.61. The van der Waals surface area contributed by atoms with Gasteiger partial charge >= 0.3 is 5.69 Å². The summed E-state index contributed by atoms with van der Waals surface area (Å²) < 4.78 is 24.8. The molecule has 0 saturated carbocycles. The normalized spacial score (nSPS) is 10.7. The van der Waals surface area contributed by atoms with E-state index in [9.17, 15) is 23.7 Å². The molecule has 0 aromatic heterocycles. The number of carbonyl (C=O) groups excluding carboxylic acids is 1. The molecule has 0 aliphatic carbocycles. The molecule has 1 N–H and O–H groups in total. The van der Waals surface area contributed by atoms with E-state index in [2.05, 4.69) is 0 Å². The van der Waals surface area contributed by atoms with E-state index in [-0.39, 0.29) is 11.6 Å². The quantitative estimate of drug-likeness (QED) is 0.643. The Balaban J connectivity index is 3.18. The van der Waals surface area contributed by atoms with E-state index in [1.807, 2.05) is 0 Å². The van der Waals surface area contributed by atoms with Gasteiger partial charge in [-0.05, 0) is 12.1 Å². The highest BCUT2D eigenvalue weighted by Gasteiger charge is 2.28. The Bertz CT molecular complexity index is 513. The van der Waals surface area contributed by atoms with Gasteiger partial charge in [-0.25, -0.2) is 8.78 Å². The van der Waals surface area contributed by atoms with Gasteiger partial charge in [-0.15, -0.1) is 0 Å². The largest absolute Gasteiger partial charge is 0.395 e. The fourth-order valence-corrected chi connectivity index (χ4v) is 1.85. The van der Waals surface area contributed by atoms with E-state index >= 15 is 0 Å². The Labute approximate surface area is 117 Å². The molecule has 0 unspecified atom stereocenters. The van der Waals surface area contributed by atoms with Gasteiger partial charge in [-0.1, -0.05) is 17.7 Å². The van der Waals surface area contributed by atoms with Crippen LogP contribution in [0, 0.1) is 10.1 Å². The van der Waals surface area contributed by atoms with Crippen molar-refractivity contribution in [2.75, 3.05) is 19.7 Å². The van der Waals surface area contributed by atoms with E-state index < -0.39 is 41.7 Å². The maximum atomic E-state index is 12.4. The van der Waals surface area contributed by atoms with Gasteiger partial charge in [0, 0.05) is 6.54 Å². The maximum absolute atomic E-state index is 12.4. The van der Waals surface area contributed by atoms with Crippen LogP contribution in [-0.4, -0.2) is 47.0 Å². The number of aliphatic hydroxyl groups is 1. The van der Waals surface area contributed by atoms with E-state index in [0.29, 0.717) is 4.90 Å². The van der Waals surface area contributed by atoms with Crippen molar-refractivity contribution in [1.29, 1.82) is 0 Å². The average molecular weight is 309 g/mol. The lowest BCUT2D eigenvalue weighted by atomic mass is 10.1. The van der Waals surface area contributed by atoms with E-state index in [1.54, 1.807) is 0 Å². The van der Waals surface area contributed by atoms with Crippen molar-refractivity contribution in [3.8, 4) is 0 Å². The van der Waals surface area contributed by atoms with Crippen molar-refractivity contribution in [2.45, 2.75) is 6.43 Å². The number of para-hydroxylation sites is 1. The summed E-state index contributed by atoms with van der Waals surface area (Å²) in [5.41, 5.74) is -1.03. The number of nitro groups is 1. The van der Waals surface area contributed by atoms with Crippen LogP contribution >= 0.6 is 11.6 Å². The molecule has 0 radical (unpaired) electrons. The number of alkyl halides is 2. The van der Waals surface area contributed by atoms with Crippen molar-refractivity contribution in [2.24, 2.45) is 0 Å². The third kappa shape index (κ3) is 3.84. The molecule has 1 aromatic rings.